The number of hydrogen-bond acceptors (Lipinski definition) is 1. The number of carbonyl (C=O) groups is 1. The van der Waals surface area contributed by atoms with Crippen LogP contribution < -0.4 is 0 Å². The van der Waals surface area contributed by atoms with E-state index in [1.807, 2.05) is 20.9 Å². The van der Waals surface area contributed by atoms with E-state index in [4.69, 9.17) is 0 Å². The van der Waals surface area contributed by atoms with Gasteiger partial charge >= 0.3 is 0 Å². The van der Waals surface area contributed by atoms with Gasteiger partial charge in [-0.2, -0.15) is 0 Å². The van der Waals surface area contributed by atoms with Crippen LogP contribution in [0.5, 0.6) is 0 Å². The number of benzene rings is 1. The molecule has 0 unspecified atom stereocenters. The molecule has 0 saturated carbocycles. The molecule has 0 spiro atoms. The summed E-state index contributed by atoms with van der Waals surface area (Å²) in [6.07, 6.45) is 1.77. The van der Waals surface area contributed by atoms with Crippen molar-refractivity contribution in [3.63, 3.8) is 0 Å². The van der Waals surface area contributed by atoms with Crippen molar-refractivity contribution in [3.8, 4) is 0 Å². The Labute approximate surface area is 93.7 Å². The zero-order valence-corrected chi connectivity index (χ0v) is 9.62. The highest BCUT2D eigenvalue weighted by Gasteiger charge is 2.16. The molecule has 0 N–H and O–H groups in total. The van der Waals surface area contributed by atoms with E-state index in [1.165, 1.54) is 12.1 Å². The van der Waals surface area contributed by atoms with Crippen LogP contribution in [-0.2, 0) is 7.05 Å². The second-order valence-corrected chi connectivity index (χ2v) is 4.33. The molecule has 0 saturated heterocycles. The summed E-state index contributed by atoms with van der Waals surface area (Å²) in [5.74, 6) is -0.231. The van der Waals surface area contributed by atoms with Gasteiger partial charge in [0.25, 0.3) is 0 Å². The van der Waals surface area contributed by atoms with Gasteiger partial charge in [-0.15, -0.1) is 0 Å². The van der Waals surface area contributed by atoms with Gasteiger partial charge in [-0.1, -0.05) is 13.8 Å². The first kappa shape index (κ1) is 10.9. The van der Waals surface area contributed by atoms with Crippen molar-refractivity contribution in [2.45, 2.75) is 13.8 Å². The number of rotatable bonds is 2. The SMILES string of the molecule is CC(C)C(=O)c1cn(C)c2cc(F)ccc12. The standard InChI is InChI=1S/C13H14FNO/c1-8(2)13(16)11-7-15(3)12-6-9(14)4-5-10(11)12/h4-8H,1-3H3. The second-order valence-electron chi connectivity index (χ2n) is 4.33. The summed E-state index contributed by atoms with van der Waals surface area (Å²) in [5.41, 5.74) is 1.43. The van der Waals surface area contributed by atoms with Gasteiger partial charge in [-0.3, -0.25) is 4.79 Å². The summed E-state index contributed by atoms with van der Waals surface area (Å²) in [5, 5.41) is 0.822. The Morgan fingerprint density at radius 1 is 1.38 bits per heavy atom. The largest absolute Gasteiger partial charge is 0.350 e. The van der Waals surface area contributed by atoms with Crippen molar-refractivity contribution in [1.82, 2.24) is 4.57 Å². The maximum absolute atomic E-state index is 13.1. The maximum Gasteiger partial charge on any atom is 0.167 e. The smallest absolute Gasteiger partial charge is 0.167 e. The predicted molar refractivity (Wildman–Crippen MR) is 62.0 cm³/mol. The molecule has 0 fully saturated rings. The number of fused-ring (bicyclic) bond motifs is 1. The monoisotopic (exact) mass is 219 g/mol. The molecule has 1 heterocycles. The molecule has 0 aliphatic carbocycles. The zero-order valence-electron chi connectivity index (χ0n) is 9.62. The minimum Gasteiger partial charge on any atom is -0.350 e. The van der Waals surface area contributed by atoms with Gasteiger partial charge in [0.2, 0.25) is 0 Å². The summed E-state index contributed by atoms with van der Waals surface area (Å²) in [6.45, 7) is 3.73. The Morgan fingerprint density at radius 2 is 2.06 bits per heavy atom. The van der Waals surface area contributed by atoms with E-state index in [-0.39, 0.29) is 17.5 Å². The van der Waals surface area contributed by atoms with E-state index in [2.05, 4.69) is 0 Å². The molecule has 2 aromatic rings. The van der Waals surface area contributed by atoms with Gasteiger partial charge in [0.1, 0.15) is 5.82 Å². The fraction of sp³-hybridized carbons (Fsp3) is 0.308. The van der Waals surface area contributed by atoms with E-state index in [1.54, 1.807) is 16.8 Å². The van der Waals surface area contributed by atoms with Crippen molar-refractivity contribution in [2.24, 2.45) is 13.0 Å². The van der Waals surface area contributed by atoms with E-state index in [0.717, 1.165) is 10.9 Å². The van der Waals surface area contributed by atoms with Crippen LogP contribution in [0.1, 0.15) is 24.2 Å². The quantitative estimate of drug-likeness (QED) is 0.711. The molecule has 2 rings (SSSR count). The zero-order chi connectivity index (χ0) is 11.9. The van der Waals surface area contributed by atoms with Gasteiger partial charge in [0.05, 0.1) is 5.52 Å². The minimum atomic E-state index is -0.280. The lowest BCUT2D eigenvalue weighted by atomic mass is 10.0. The van der Waals surface area contributed by atoms with Crippen LogP contribution in [0.25, 0.3) is 10.9 Å². The van der Waals surface area contributed by atoms with Crippen molar-refractivity contribution in [1.29, 1.82) is 0 Å². The molecule has 1 aromatic heterocycles. The van der Waals surface area contributed by atoms with Gasteiger partial charge < -0.3 is 4.57 Å². The molecule has 0 aliphatic rings. The van der Waals surface area contributed by atoms with Crippen LogP contribution in [0.2, 0.25) is 0 Å². The molecular formula is C13H14FNO. The fourth-order valence-electron chi connectivity index (χ4n) is 1.86. The lowest BCUT2D eigenvalue weighted by molar-refractivity contribution is 0.0941. The second kappa shape index (κ2) is 3.74. The molecule has 0 radical (unpaired) electrons. The van der Waals surface area contributed by atoms with Crippen LogP contribution in [-0.4, -0.2) is 10.4 Å². The fourth-order valence-corrected chi connectivity index (χ4v) is 1.86. The number of carbonyl (C=O) groups excluding carboxylic acids is 1. The highest BCUT2D eigenvalue weighted by Crippen LogP contribution is 2.23. The van der Waals surface area contributed by atoms with Crippen LogP contribution in [0.3, 0.4) is 0 Å². The predicted octanol–water partition coefficient (Wildman–Crippen LogP) is 3.16. The number of Topliss-reactive ketones (excluding diaryl/α,β-unsaturated/α-hetero) is 1. The normalized spacial score (nSPS) is 11.3. The van der Waals surface area contributed by atoms with Crippen LogP contribution >= 0.6 is 0 Å². The molecule has 0 aliphatic heterocycles. The van der Waals surface area contributed by atoms with Gasteiger partial charge in [0, 0.05) is 30.1 Å². The molecular weight excluding hydrogens is 205 g/mol. The Balaban J connectivity index is 2.69. The van der Waals surface area contributed by atoms with Crippen LogP contribution in [0.15, 0.2) is 24.4 Å². The number of ketones is 1. The first-order valence-corrected chi connectivity index (χ1v) is 5.29. The third-order valence-corrected chi connectivity index (χ3v) is 2.74. The molecule has 2 nitrogen and oxygen atoms in total. The summed E-state index contributed by atoms with van der Waals surface area (Å²) in [6, 6.07) is 4.51. The molecule has 1 aromatic carbocycles. The number of aromatic nitrogens is 1. The number of hydrogen-bond donors (Lipinski definition) is 0. The first-order chi connectivity index (χ1) is 7.50. The first-order valence-electron chi connectivity index (χ1n) is 5.29. The molecule has 0 amide bonds. The molecule has 0 atom stereocenters. The van der Waals surface area contributed by atoms with Crippen molar-refractivity contribution in [2.75, 3.05) is 0 Å². The maximum atomic E-state index is 13.1. The van der Waals surface area contributed by atoms with Crippen molar-refractivity contribution in [3.05, 3.63) is 35.8 Å². The van der Waals surface area contributed by atoms with Crippen molar-refractivity contribution >= 4 is 16.7 Å². The molecule has 16 heavy (non-hydrogen) atoms. The van der Waals surface area contributed by atoms with Crippen LogP contribution in [0.4, 0.5) is 4.39 Å². The van der Waals surface area contributed by atoms with Gasteiger partial charge in [0.15, 0.2) is 5.78 Å². The third kappa shape index (κ3) is 1.62. The topological polar surface area (TPSA) is 22.0 Å². The molecule has 3 heteroatoms. The Kier molecular flexibility index (Phi) is 2.54. The lowest BCUT2D eigenvalue weighted by Crippen LogP contribution is -2.06. The number of aryl methyl sites for hydroxylation is 1. The Hall–Kier alpha value is -1.64. The van der Waals surface area contributed by atoms with E-state index in [0.29, 0.717) is 5.56 Å². The summed E-state index contributed by atoms with van der Waals surface area (Å²) in [7, 11) is 1.82. The third-order valence-electron chi connectivity index (χ3n) is 2.74. The minimum absolute atomic E-state index is 0.0457. The highest BCUT2D eigenvalue weighted by atomic mass is 19.1. The van der Waals surface area contributed by atoms with Gasteiger partial charge in [-0.05, 0) is 18.2 Å². The van der Waals surface area contributed by atoms with E-state index >= 15 is 0 Å². The lowest BCUT2D eigenvalue weighted by Gasteiger charge is -2.01. The summed E-state index contributed by atoms with van der Waals surface area (Å²) in [4.78, 5) is 11.9. The Morgan fingerprint density at radius 3 is 2.69 bits per heavy atom. The summed E-state index contributed by atoms with van der Waals surface area (Å²) >= 11 is 0. The average molecular weight is 219 g/mol. The number of nitrogens with zero attached hydrogens (tertiary/aromatic N) is 1. The van der Waals surface area contributed by atoms with Crippen molar-refractivity contribution < 1.29 is 9.18 Å². The van der Waals surface area contributed by atoms with E-state index < -0.39 is 0 Å². The van der Waals surface area contributed by atoms with Crippen LogP contribution in [0, 0.1) is 11.7 Å². The summed E-state index contributed by atoms with van der Waals surface area (Å²) < 4.78 is 14.9. The molecule has 0 bridgehead atoms. The highest BCUT2D eigenvalue weighted by molar-refractivity contribution is 6.08. The molecule has 84 valence electrons. The van der Waals surface area contributed by atoms with E-state index in [9.17, 15) is 9.18 Å². The number of halogens is 1. The van der Waals surface area contributed by atoms with Gasteiger partial charge in [-0.25, -0.2) is 4.39 Å². The average Bonchev–Trinajstić information content (AvgIpc) is 2.55. The Bertz CT molecular complexity index is 554.